The molecule has 0 aliphatic heterocycles. The number of rotatable bonds is 7. The number of aryl methyl sites for hydroxylation is 1. The normalized spacial score (nSPS) is 10.6. The third-order valence-corrected chi connectivity index (χ3v) is 4.60. The van der Waals surface area contributed by atoms with E-state index < -0.39 is 5.97 Å². The van der Waals surface area contributed by atoms with E-state index in [-0.39, 0.29) is 12.4 Å². The van der Waals surface area contributed by atoms with Crippen molar-refractivity contribution < 1.29 is 19.4 Å². The highest BCUT2D eigenvalue weighted by molar-refractivity contribution is 7.98. The lowest BCUT2D eigenvalue weighted by molar-refractivity contribution is 0.0477. The monoisotopic (exact) mass is 332 g/mol. The zero-order valence-corrected chi connectivity index (χ0v) is 14.3. The van der Waals surface area contributed by atoms with E-state index in [2.05, 4.69) is 0 Å². The van der Waals surface area contributed by atoms with Crippen molar-refractivity contribution in [1.82, 2.24) is 0 Å². The van der Waals surface area contributed by atoms with Gasteiger partial charge in [-0.1, -0.05) is 24.3 Å². The van der Waals surface area contributed by atoms with Gasteiger partial charge in [-0.3, -0.25) is 0 Å². The average Bonchev–Trinajstić information content (AvgIpc) is 2.54. The first kappa shape index (κ1) is 17.4. The fraction of sp³-hybridized carbons (Fsp3) is 0.278. The number of hydrogen-bond acceptors (Lipinski definition) is 4. The number of methoxy groups -OCH3 is 1. The second-order valence-electron chi connectivity index (χ2n) is 5.14. The predicted octanol–water partition coefficient (Wildman–Crippen LogP) is 4.28. The van der Waals surface area contributed by atoms with Crippen molar-refractivity contribution in [3.8, 4) is 5.75 Å². The number of carboxylic acids is 1. The molecule has 0 amide bonds. The van der Waals surface area contributed by atoms with E-state index in [9.17, 15) is 9.90 Å². The van der Waals surface area contributed by atoms with E-state index in [0.717, 1.165) is 21.6 Å². The Morgan fingerprint density at radius 2 is 1.91 bits per heavy atom. The Hall–Kier alpha value is -1.98. The third kappa shape index (κ3) is 4.27. The standard InChI is InChI=1S/C18H20O4S/c1-12-9-14(10-23-15-7-5-4-6-8-15)16(18(19)20)17(13(12)2)22-11-21-3/h4-9H,10-11H2,1-3H3,(H,19,20). The Kier molecular flexibility index (Phi) is 6.07. The molecule has 5 heteroatoms. The minimum absolute atomic E-state index is 0.0237. The lowest BCUT2D eigenvalue weighted by Gasteiger charge is -2.17. The van der Waals surface area contributed by atoms with Crippen molar-refractivity contribution >= 4 is 17.7 Å². The number of ether oxygens (including phenoxy) is 2. The molecule has 0 aliphatic rings. The number of benzene rings is 2. The molecule has 23 heavy (non-hydrogen) atoms. The summed E-state index contributed by atoms with van der Waals surface area (Å²) in [5.41, 5.74) is 2.80. The van der Waals surface area contributed by atoms with Crippen molar-refractivity contribution in [3.63, 3.8) is 0 Å². The Labute approximate surface area is 140 Å². The van der Waals surface area contributed by atoms with Crippen LogP contribution in [-0.4, -0.2) is 25.0 Å². The highest BCUT2D eigenvalue weighted by Gasteiger charge is 2.21. The Bertz CT molecular complexity index is 683. The maximum atomic E-state index is 11.8. The van der Waals surface area contributed by atoms with Gasteiger partial charge in [0.15, 0.2) is 6.79 Å². The van der Waals surface area contributed by atoms with Crippen molar-refractivity contribution in [1.29, 1.82) is 0 Å². The molecule has 0 saturated heterocycles. The van der Waals surface area contributed by atoms with Crippen LogP contribution < -0.4 is 4.74 Å². The first-order chi connectivity index (χ1) is 11.0. The summed E-state index contributed by atoms with van der Waals surface area (Å²) in [5, 5.41) is 9.63. The SMILES string of the molecule is COCOc1c(C)c(C)cc(CSc2ccccc2)c1C(=O)O. The van der Waals surface area contributed by atoms with Crippen LogP contribution in [-0.2, 0) is 10.5 Å². The van der Waals surface area contributed by atoms with E-state index in [0.29, 0.717) is 11.5 Å². The van der Waals surface area contributed by atoms with E-state index in [4.69, 9.17) is 9.47 Å². The first-order valence-corrected chi connectivity index (χ1v) is 8.19. The van der Waals surface area contributed by atoms with Crippen molar-refractivity contribution in [2.75, 3.05) is 13.9 Å². The molecular weight excluding hydrogens is 312 g/mol. The van der Waals surface area contributed by atoms with Gasteiger partial charge in [0.05, 0.1) is 0 Å². The van der Waals surface area contributed by atoms with Crippen LogP contribution >= 0.6 is 11.8 Å². The van der Waals surface area contributed by atoms with E-state index in [1.807, 2.05) is 50.2 Å². The summed E-state index contributed by atoms with van der Waals surface area (Å²) in [5.74, 6) is -0.0262. The van der Waals surface area contributed by atoms with Gasteiger partial charge < -0.3 is 14.6 Å². The maximum Gasteiger partial charge on any atom is 0.339 e. The molecule has 0 aliphatic carbocycles. The van der Waals surface area contributed by atoms with Crippen LogP contribution in [0.1, 0.15) is 27.0 Å². The average molecular weight is 332 g/mol. The van der Waals surface area contributed by atoms with E-state index >= 15 is 0 Å². The second-order valence-corrected chi connectivity index (χ2v) is 6.19. The molecule has 0 saturated carbocycles. The molecule has 122 valence electrons. The zero-order valence-electron chi connectivity index (χ0n) is 13.5. The Morgan fingerprint density at radius 1 is 1.22 bits per heavy atom. The number of carboxylic acid groups (broad SMARTS) is 1. The summed E-state index contributed by atoms with van der Waals surface area (Å²) in [4.78, 5) is 12.8. The summed E-state index contributed by atoms with van der Waals surface area (Å²) in [6, 6.07) is 11.8. The predicted molar refractivity (Wildman–Crippen MR) is 91.4 cm³/mol. The van der Waals surface area contributed by atoms with Gasteiger partial charge >= 0.3 is 5.97 Å². The summed E-state index contributed by atoms with van der Waals surface area (Å²) in [6.07, 6.45) is 0. The molecule has 0 unspecified atom stereocenters. The van der Waals surface area contributed by atoms with Crippen molar-refractivity contribution in [3.05, 3.63) is 58.7 Å². The molecule has 2 aromatic rings. The van der Waals surface area contributed by atoms with Crippen LogP contribution in [0.3, 0.4) is 0 Å². The quantitative estimate of drug-likeness (QED) is 0.606. The summed E-state index contributed by atoms with van der Waals surface area (Å²) in [6.45, 7) is 3.84. The van der Waals surface area contributed by atoms with Gasteiger partial charge in [0.1, 0.15) is 11.3 Å². The van der Waals surface area contributed by atoms with Crippen molar-refractivity contribution in [2.24, 2.45) is 0 Å². The molecule has 0 atom stereocenters. The maximum absolute atomic E-state index is 11.8. The van der Waals surface area contributed by atoms with Crippen molar-refractivity contribution in [2.45, 2.75) is 24.5 Å². The van der Waals surface area contributed by atoms with Gasteiger partial charge in [0, 0.05) is 17.8 Å². The molecule has 4 nitrogen and oxygen atoms in total. The van der Waals surface area contributed by atoms with Gasteiger partial charge in [-0.05, 0) is 42.7 Å². The number of aromatic carboxylic acids is 1. The van der Waals surface area contributed by atoms with Gasteiger partial charge in [0.25, 0.3) is 0 Å². The van der Waals surface area contributed by atoms with E-state index in [1.165, 1.54) is 7.11 Å². The van der Waals surface area contributed by atoms with Crippen LogP contribution in [0.5, 0.6) is 5.75 Å². The molecule has 2 aromatic carbocycles. The van der Waals surface area contributed by atoms with Gasteiger partial charge in [-0.2, -0.15) is 0 Å². The lowest BCUT2D eigenvalue weighted by Crippen LogP contribution is -2.11. The minimum Gasteiger partial charge on any atom is -0.478 e. The fourth-order valence-electron chi connectivity index (χ4n) is 2.28. The molecule has 0 spiro atoms. The van der Waals surface area contributed by atoms with Crippen LogP contribution in [0.4, 0.5) is 0 Å². The number of carbonyl (C=O) groups is 1. The number of hydrogen-bond donors (Lipinski definition) is 1. The van der Waals surface area contributed by atoms with Gasteiger partial charge in [-0.15, -0.1) is 11.8 Å². The van der Waals surface area contributed by atoms with Gasteiger partial charge in [0.2, 0.25) is 0 Å². The summed E-state index contributed by atoms with van der Waals surface area (Å²) in [7, 11) is 1.51. The third-order valence-electron chi connectivity index (χ3n) is 3.54. The van der Waals surface area contributed by atoms with Crippen LogP contribution in [0, 0.1) is 13.8 Å². The number of thioether (sulfide) groups is 1. The van der Waals surface area contributed by atoms with Crippen LogP contribution in [0.2, 0.25) is 0 Å². The van der Waals surface area contributed by atoms with Crippen LogP contribution in [0.25, 0.3) is 0 Å². The zero-order chi connectivity index (χ0) is 16.8. The highest BCUT2D eigenvalue weighted by Crippen LogP contribution is 2.33. The van der Waals surface area contributed by atoms with Crippen LogP contribution in [0.15, 0.2) is 41.3 Å². The molecule has 0 radical (unpaired) electrons. The second kappa shape index (κ2) is 8.04. The minimum atomic E-state index is -0.983. The molecule has 0 bridgehead atoms. The molecule has 0 heterocycles. The molecule has 0 aromatic heterocycles. The highest BCUT2D eigenvalue weighted by atomic mass is 32.2. The molecule has 0 fully saturated rings. The fourth-order valence-corrected chi connectivity index (χ4v) is 3.18. The topological polar surface area (TPSA) is 55.8 Å². The largest absolute Gasteiger partial charge is 0.478 e. The summed E-state index contributed by atoms with van der Waals surface area (Å²) >= 11 is 1.60. The summed E-state index contributed by atoms with van der Waals surface area (Å²) < 4.78 is 10.5. The van der Waals surface area contributed by atoms with Gasteiger partial charge in [-0.25, -0.2) is 4.79 Å². The smallest absolute Gasteiger partial charge is 0.339 e. The Balaban J connectivity index is 2.37. The molecule has 2 rings (SSSR count). The molecule has 1 N–H and O–H groups in total. The van der Waals surface area contributed by atoms with E-state index in [1.54, 1.807) is 11.8 Å². The molecular formula is C18H20O4S. The lowest BCUT2D eigenvalue weighted by atomic mass is 9.99. The first-order valence-electron chi connectivity index (χ1n) is 7.20. The Morgan fingerprint density at radius 3 is 2.52 bits per heavy atom.